The number of nitrogens with one attached hydrogen (secondary N) is 3. The molecule has 1 aromatic carbocycles. The fourth-order valence-electron chi connectivity index (χ4n) is 3.54. The topological polar surface area (TPSA) is 66.3 Å². The molecule has 1 saturated heterocycles. The molecule has 24 heavy (non-hydrogen) atoms. The average molecular weight is 348 g/mol. The van der Waals surface area contributed by atoms with Gasteiger partial charge in [0.2, 0.25) is 0 Å². The van der Waals surface area contributed by atoms with E-state index in [1.807, 2.05) is 42.5 Å². The van der Waals surface area contributed by atoms with E-state index in [1.54, 1.807) is 0 Å². The summed E-state index contributed by atoms with van der Waals surface area (Å²) in [5.74, 6) is 1.85. The minimum atomic E-state index is -0.0285. The summed E-state index contributed by atoms with van der Waals surface area (Å²) in [6.07, 6.45) is 3.07. The molecule has 5 nitrogen and oxygen atoms in total. The summed E-state index contributed by atoms with van der Waals surface area (Å²) >= 11 is 0. The van der Waals surface area contributed by atoms with Gasteiger partial charge in [-0.1, -0.05) is 30.3 Å². The Labute approximate surface area is 147 Å². The van der Waals surface area contributed by atoms with Crippen molar-refractivity contribution in [3.63, 3.8) is 0 Å². The largest absolute Gasteiger partial charge is 0.460 e. The number of fused-ring (bicyclic) bond motifs is 1. The molecule has 1 saturated carbocycles. The fraction of sp³-hybridized carbons (Fsp3) is 0.389. The van der Waals surface area contributed by atoms with Gasteiger partial charge in [-0.05, 0) is 31.4 Å². The molecule has 3 atom stereocenters. The third kappa shape index (κ3) is 3.57. The molecule has 128 valence electrons. The zero-order valence-corrected chi connectivity index (χ0v) is 14.1. The Morgan fingerprint density at radius 2 is 1.83 bits per heavy atom. The molecule has 3 unspecified atom stereocenters. The molecule has 0 bridgehead atoms. The molecule has 0 radical (unpaired) electrons. The summed E-state index contributed by atoms with van der Waals surface area (Å²) in [6, 6.07) is 15.1. The van der Waals surface area contributed by atoms with Gasteiger partial charge < -0.3 is 20.4 Å². The highest BCUT2D eigenvalue weighted by atomic mass is 35.5. The predicted molar refractivity (Wildman–Crippen MR) is 95.1 cm³/mol. The van der Waals surface area contributed by atoms with Gasteiger partial charge in [-0.15, -0.1) is 12.4 Å². The number of benzene rings is 1. The van der Waals surface area contributed by atoms with E-state index in [1.165, 1.54) is 0 Å². The van der Waals surface area contributed by atoms with Gasteiger partial charge in [-0.25, -0.2) is 4.79 Å². The molecular formula is C18H22ClN3O2. The van der Waals surface area contributed by atoms with Gasteiger partial charge in [0.25, 0.3) is 0 Å². The predicted octanol–water partition coefficient (Wildman–Crippen LogP) is 3.06. The third-order valence-electron chi connectivity index (χ3n) is 4.77. The number of urea groups is 1. The van der Waals surface area contributed by atoms with Crippen molar-refractivity contribution in [2.24, 2.45) is 0 Å². The number of amides is 2. The Morgan fingerprint density at radius 1 is 1.04 bits per heavy atom. The second-order valence-corrected chi connectivity index (χ2v) is 6.35. The van der Waals surface area contributed by atoms with Gasteiger partial charge in [0.05, 0.1) is 18.6 Å². The summed E-state index contributed by atoms with van der Waals surface area (Å²) in [7, 11) is 0. The first kappa shape index (κ1) is 16.9. The van der Waals surface area contributed by atoms with Crippen LogP contribution >= 0.6 is 12.4 Å². The zero-order chi connectivity index (χ0) is 15.6. The Kier molecular flexibility index (Phi) is 5.11. The second kappa shape index (κ2) is 7.28. The number of furan rings is 1. The van der Waals surface area contributed by atoms with Crippen molar-refractivity contribution in [1.82, 2.24) is 16.0 Å². The van der Waals surface area contributed by atoms with Crippen LogP contribution in [0.5, 0.6) is 0 Å². The van der Waals surface area contributed by atoms with E-state index in [4.69, 9.17) is 4.42 Å². The first-order chi connectivity index (χ1) is 11.3. The van der Waals surface area contributed by atoms with E-state index in [9.17, 15) is 4.79 Å². The molecule has 2 amide bonds. The number of carbonyl (C=O) groups is 1. The van der Waals surface area contributed by atoms with Crippen LogP contribution in [0.4, 0.5) is 4.79 Å². The third-order valence-corrected chi connectivity index (χ3v) is 4.77. The first-order valence-electron chi connectivity index (χ1n) is 8.22. The fourth-order valence-corrected chi connectivity index (χ4v) is 3.54. The molecule has 2 fully saturated rings. The van der Waals surface area contributed by atoms with Crippen molar-refractivity contribution in [3.8, 4) is 11.3 Å². The minimum absolute atomic E-state index is 0. The van der Waals surface area contributed by atoms with Crippen molar-refractivity contribution in [3.05, 3.63) is 48.2 Å². The van der Waals surface area contributed by atoms with Crippen LogP contribution in [-0.4, -0.2) is 24.2 Å². The van der Waals surface area contributed by atoms with Crippen molar-refractivity contribution in [2.75, 3.05) is 0 Å². The molecule has 2 heterocycles. The number of halogens is 1. The van der Waals surface area contributed by atoms with Gasteiger partial charge in [-0.2, -0.15) is 0 Å². The van der Waals surface area contributed by atoms with E-state index < -0.39 is 0 Å². The number of hydrogen-bond acceptors (Lipinski definition) is 3. The van der Waals surface area contributed by atoms with Crippen LogP contribution in [-0.2, 0) is 6.54 Å². The highest BCUT2D eigenvalue weighted by Crippen LogP contribution is 2.24. The lowest BCUT2D eigenvalue weighted by atomic mass is 9.88. The summed E-state index contributed by atoms with van der Waals surface area (Å²) in [4.78, 5) is 11.4. The number of hydrogen-bond donors (Lipinski definition) is 3. The van der Waals surface area contributed by atoms with Crippen LogP contribution in [0.15, 0.2) is 46.9 Å². The summed E-state index contributed by atoms with van der Waals surface area (Å²) in [5, 5.41) is 9.53. The quantitative estimate of drug-likeness (QED) is 0.796. The number of carbonyl (C=O) groups excluding carboxylic acids is 1. The second-order valence-electron chi connectivity index (χ2n) is 6.35. The smallest absolute Gasteiger partial charge is 0.315 e. The molecule has 1 aliphatic carbocycles. The SMILES string of the molecule is Cl.O=C1NC2CCC(NCc3ccc(-c4ccccc4)o3)CC2N1. The van der Waals surface area contributed by atoms with Crippen LogP contribution in [0.1, 0.15) is 25.0 Å². The van der Waals surface area contributed by atoms with E-state index in [-0.39, 0.29) is 24.5 Å². The average Bonchev–Trinajstić information content (AvgIpc) is 3.18. The molecule has 2 aliphatic rings. The number of rotatable bonds is 4. The maximum Gasteiger partial charge on any atom is 0.315 e. The van der Waals surface area contributed by atoms with E-state index in [0.29, 0.717) is 12.1 Å². The Bertz CT molecular complexity index is 689. The summed E-state index contributed by atoms with van der Waals surface area (Å²) in [6.45, 7) is 0.719. The lowest BCUT2D eigenvalue weighted by molar-refractivity contribution is 0.247. The molecule has 4 rings (SSSR count). The van der Waals surface area contributed by atoms with Crippen molar-refractivity contribution in [1.29, 1.82) is 0 Å². The zero-order valence-electron chi connectivity index (χ0n) is 13.3. The van der Waals surface area contributed by atoms with Crippen molar-refractivity contribution >= 4 is 18.4 Å². The monoisotopic (exact) mass is 347 g/mol. The Morgan fingerprint density at radius 3 is 2.67 bits per heavy atom. The molecule has 0 spiro atoms. The van der Waals surface area contributed by atoms with Gasteiger partial charge in [0.15, 0.2) is 0 Å². The standard InChI is InChI=1S/C18H21N3O2.ClH/c22-18-20-15-8-6-13(10-16(15)21-18)19-11-14-7-9-17(23-14)12-4-2-1-3-5-12;/h1-5,7,9,13,15-16,19H,6,8,10-11H2,(H2,20,21,22);1H. The first-order valence-corrected chi connectivity index (χ1v) is 8.22. The van der Waals surface area contributed by atoms with Crippen LogP contribution in [0, 0.1) is 0 Å². The van der Waals surface area contributed by atoms with Crippen LogP contribution in [0.25, 0.3) is 11.3 Å². The van der Waals surface area contributed by atoms with Crippen molar-refractivity contribution < 1.29 is 9.21 Å². The van der Waals surface area contributed by atoms with E-state index in [2.05, 4.69) is 16.0 Å². The molecular weight excluding hydrogens is 326 g/mol. The van der Waals surface area contributed by atoms with Crippen molar-refractivity contribution in [2.45, 2.75) is 43.9 Å². The summed E-state index contributed by atoms with van der Waals surface area (Å²) in [5.41, 5.74) is 1.10. The van der Waals surface area contributed by atoms with Crippen LogP contribution < -0.4 is 16.0 Å². The van der Waals surface area contributed by atoms with E-state index in [0.717, 1.165) is 42.9 Å². The summed E-state index contributed by atoms with van der Waals surface area (Å²) < 4.78 is 5.92. The van der Waals surface area contributed by atoms with Crippen LogP contribution in [0.3, 0.4) is 0 Å². The van der Waals surface area contributed by atoms with Gasteiger partial charge in [0, 0.05) is 11.6 Å². The van der Waals surface area contributed by atoms with E-state index >= 15 is 0 Å². The van der Waals surface area contributed by atoms with Gasteiger partial charge >= 0.3 is 6.03 Å². The lowest BCUT2D eigenvalue weighted by Gasteiger charge is -2.31. The van der Waals surface area contributed by atoms with Gasteiger partial charge in [0.1, 0.15) is 11.5 Å². The maximum atomic E-state index is 11.4. The lowest BCUT2D eigenvalue weighted by Crippen LogP contribution is -2.46. The molecule has 1 aromatic heterocycles. The minimum Gasteiger partial charge on any atom is -0.460 e. The maximum absolute atomic E-state index is 11.4. The Balaban J connectivity index is 0.00000169. The molecule has 2 aromatic rings. The van der Waals surface area contributed by atoms with Crippen LogP contribution in [0.2, 0.25) is 0 Å². The normalized spacial score (nSPS) is 25.3. The highest BCUT2D eigenvalue weighted by molar-refractivity contribution is 5.85. The highest BCUT2D eigenvalue weighted by Gasteiger charge is 2.36. The molecule has 1 aliphatic heterocycles. The molecule has 6 heteroatoms. The van der Waals surface area contributed by atoms with Gasteiger partial charge in [-0.3, -0.25) is 0 Å². The Hall–Kier alpha value is -1.98. The molecule has 3 N–H and O–H groups in total.